The molecule has 1 aromatic carbocycles. The van der Waals surface area contributed by atoms with E-state index in [1.54, 1.807) is 18.5 Å². The maximum absolute atomic E-state index is 14.0. The second-order valence-corrected chi connectivity index (χ2v) is 7.20. The number of pyridine rings is 1. The predicted molar refractivity (Wildman–Crippen MR) is 95.8 cm³/mol. The molecule has 5 rings (SSSR count). The first-order chi connectivity index (χ1) is 12.8. The van der Waals surface area contributed by atoms with Crippen LogP contribution in [0.2, 0.25) is 0 Å². The topological polar surface area (TPSA) is 46.8 Å². The smallest absolute Gasteiger partial charge is 0.164 e. The highest BCUT2D eigenvalue weighted by Crippen LogP contribution is 2.39. The van der Waals surface area contributed by atoms with Gasteiger partial charge in [0.1, 0.15) is 11.6 Å². The van der Waals surface area contributed by atoms with Crippen molar-refractivity contribution in [2.45, 2.75) is 25.4 Å². The molecule has 26 heavy (non-hydrogen) atoms. The van der Waals surface area contributed by atoms with Crippen LogP contribution >= 0.6 is 0 Å². The van der Waals surface area contributed by atoms with Crippen molar-refractivity contribution in [2.75, 3.05) is 13.1 Å². The highest BCUT2D eigenvalue weighted by molar-refractivity contribution is 5.54. The van der Waals surface area contributed by atoms with Gasteiger partial charge in [0.25, 0.3) is 0 Å². The Balaban J connectivity index is 1.44. The summed E-state index contributed by atoms with van der Waals surface area (Å²) in [5.41, 5.74) is 1.82. The lowest BCUT2D eigenvalue weighted by Crippen LogP contribution is -2.26. The van der Waals surface area contributed by atoms with Crippen molar-refractivity contribution in [1.29, 1.82) is 0 Å². The van der Waals surface area contributed by atoms with Gasteiger partial charge in [-0.15, -0.1) is 10.2 Å². The average Bonchev–Trinajstić information content (AvgIpc) is 3.27. The number of rotatable bonds is 3. The largest absolute Gasteiger partial charge is 0.306 e. The summed E-state index contributed by atoms with van der Waals surface area (Å²) < 4.78 is 16.3. The number of aryl methyl sites for hydroxylation is 1. The molecule has 0 N–H and O–H groups in total. The number of hydrogen-bond donors (Lipinski definition) is 0. The first kappa shape index (κ1) is 15.6. The highest BCUT2D eigenvalue weighted by atomic mass is 19.1. The highest BCUT2D eigenvalue weighted by Gasteiger charge is 2.39. The van der Waals surface area contributed by atoms with Crippen molar-refractivity contribution in [1.82, 2.24) is 24.6 Å². The average molecular weight is 349 g/mol. The van der Waals surface area contributed by atoms with Crippen LogP contribution in [0, 0.1) is 11.7 Å². The van der Waals surface area contributed by atoms with E-state index in [9.17, 15) is 4.39 Å². The van der Waals surface area contributed by atoms with Crippen LogP contribution in [-0.4, -0.2) is 37.7 Å². The number of halogens is 1. The molecule has 0 saturated carbocycles. The summed E-state index contributed by atoms with van der Waals surface area (Å²) in [4.78, 5) is 6.46. The molecule has 0 aliphatic carbocycles. The van der Waals surface area contributed by atoms with Crippen LogP contribution in [0.5, 0.6) is 0 Å². The minimum absolute atomic E-state index is 0.121. The van der Waals surface area contributed by atoms with Gasteiger partial charge in [-0.2, -0.15) is 0 Å². The van der Waals surface area contributed by atoms with E-state index in [0.29, 0.717) is 18.5 Å². The molecule has 2 aromatic heterocycles. The Hall–Kier alpha value is -2.60. The van der Waals surface area contributed by atoms with E-state index >= 15 is 0 Å². The van der Waals surface area contributed by atoms with E-state index in [1.165, 1.54) is 6.07 Å². The second-order valence-electron chi connectivity index (χ2n) is 7.20. The third kappa shape index (κ3) is 2.61. The van der Waals surface area contributed by atoms with Crippen LogP contribution in [0.3, 0.4) is 0 Å². The summed E-state index contributed by atoms with van der Waals surface area (Å²) >= 11 is 0. The fourth-order valence-corrected chi connectivity index (χ4v) is 4.37. The zero-order chi connectivity index (χ0) is 17.5. The number of nitrogens with zero attached hydrogens (tertiary/aromatic N) is 5. The van der Waals surface area contributed by atoms with Gasteiger partial charge in [-0.1, -0.05) is 18.2 Å². The van der Waals surface area contributed by atoms with Crippen molar-refractivity contribution in [3.05, 3.63) is 66.0 Å². The van der Waals surface area contributed by atoms with Crippen LogP contribution in [0.15, 0.2) is 48.8 Å². The van der Waals surface area contributed by atoms with Crippen LogP contribution < -0.4 is 0 Å². The molecular formula is C20H20FN5. The molecule has 6 heteroatoms. The summed E-state index contributed by atoms with van der Waals surface area (Å²) in [6.07, 6.45) is 5.65. The van der Waals surface area contributed by atoms with E-state index in [4.69, 9.17) is 0 Å². The predicted octanol–water partition coefficient (Wildman–Crippen LogP) is 3.10. The van der Waals surface area contributed by atoms with Crippen LogP contribution in [-0.2, 0) is 13.0 Å². The van der Waals surface area contributed by atoms with Gasteiger partial charge in [0.2, 0.25) is 0 Å². The Morgan fingerprint density at radius 1 is 1.04 bits per heavy atom. The molecule has 132 valence electrons. The number of fused-ring (bicyclic) bond motifs is 3. The molecule has 3 aromatic rings. The van der Waals surface area contributed by atoms with Crippen molar-refractivity contribution < 1.29 is 4.39 Å². The molecule has 0 bridgehead atoms. The zero-order valence-electron chi connectivity index (χ0n) is 14.4. The number of aromatic nitrogens is 4. The zero-order valence-corrected chi connectivity index (χ0v) is 14.4. The second kappa shape index (κ2) is 6.29. The lowest BCUT2D eigenvalue weighted by molar-refractivity contribution is 0.308. The molecule has 5 nitrogen and oxygen atoms in total. The normalized spacial score (nSPS) is 22.2. The maximum atomic E-state index is 14.0. The van der Waals surface area contributed by atoms with Gasteiger partial charge in [-0.05, 0) is 30.5 Å². The van der Waals surface area contributed by atoms with Gasteiger partial charge in [0.05, 0.1) is 6.04 Å². The fourth-order valence-electron chi connectivity index (χ4n) is 4.37. The number of benzene rings is 1. The Morgan fingerprint density at radius 2 is 1.88 bits per heavy atom. The van der Waals surface area contributed by atoms with Crippen molar-refractivity contribution in [3.63, 3.8) is 0 Å². The fraction of sp³-hybridized carbons (Fsp3) is 0.350. The van der Waals surface area contributed by atoms with E-state index in [0.717, 1.165) is 48.7 Å². The molecule has 2 aliphatic heterocycles. The molecule has 0 amide bonds. The van der Waals surface area contributed by atoms with E-state index in [1.807, 2.05) is 24.3 Å². The van der Waals surface area contributed by atoms with E-state index in [2.05, 4.69) is 24.6 Å². The van der Waals surface area contributed by atoms with Crippen LogP contribution in [0.1, 0.15) is 23.9 Å². The first-order valence-corrected chi connectivity index (χ1v) is 9.09. The Labute approximate surface area is 151 Å². The lowest BCUT2D eigenvalue weighted by atomic mass is 9.93. The first-order valence-electron chi connectivity index (χ1n) is 9.09. The van der Waals surface area contributed by atoms with Crippen LogP contribution in [0.4, 0.5) is 4.39 Å². The summed E-state index contributed by atoms with van der Waals surface area (Å²) in [5, 5.41) is 8.89. The minimum atomic E-state index is -0.121. The quantitative estimate of drug-likeness (QED) is 0.729. The molecular weight excluding hydrogens is 329 g/mol. The van der Waals surface area contributed by atoms with Crippen molar-refractivity contribution in [3.8, 4) is 11.4 Å². The van der Waals surface area contributed by atoms with Gasteiger partial charge in [-0.25, -0.2) is 4.39 Å². The van der Waals surface area contributed by atoms with Gasteiger partial charge in [0.15, 0.2) is 5.82 Å². The standard InChI is InChI=1S/C20H20FN5/c21-17-4-2-1-3-15(17)11-25-12-16-5-6-19-23-24-20(26(19)18(16)13-25)14-7-9-22-10-8-14/h1-4,7-10,16,18H,5-6,11-13H2/t16-,18+/m1/s1. The number of hydrogen-bond acceptors (Lipinski definition) is 4. The molecule has 1 saturated heterocycles. The summed E-state index contributed by atoms with van der Waals surface area (Å²) in [6.45, 7) is 2.55. The van der Waals surface area contributed by atoms with E-state index < -0.39 is 0 Å². The summed E-state index contributed by atoms with van der Waals surface area (Å²) in [7, 11) is 0. The minimum Gasteiger partial charge on any atom is -0.306 e. The van der Waals surface area contributed by atoms with Crippen LogP contribution in [0.25, 0.3) is 11.4 Å². The monoisotopic (exact) mass is 349 g/mol. The third-order valence-electron chi connectivity index (χ3n) is 5.61. The SMILES string of the molecule is Fc1ccccc1CN1C[C@H]2CCc3nnc(-c4ccncc4)n3[C@H]2C1. The number of likely N-dealkylation sites (tertiary alicyclic amines) is 1. The van der Waals surface area contributed by atoms with Gasteiger partial charge >= 0.3 is 0 Å². The Bertz CT molecular complexity index is 923. The Morgan fingerprint density at radius 3 is 2.73 bits per heavy atom. The lowest BCUT2D eigenvalue weighted by Gasteiger charge is -2.27. The van der Waals surface area contributed by atoms with Gasteiger partial charge in [-0.3, -0.25) is 9.88 Å². The van der Waals surface area contributed by atoms with Gasteiger partial charge < -0.3 is 4.57 Å². The Kier molecular flexibility index (Phi) is 3.78. The molecule has 0 spiro atoms. The molecule has 2 aliphatic rings. The van der Waals surface area contributed by atoms with Crippen molar-refractivity contribution >= 4 is 0 Å². The molecule has 4 heterocycles. The maximum Gasteiger partial charge on any atom is 0.164 e. The van der Waals surface area contributed by atoms with Gasteiger partial charge in [0, 0.05) is 49.6 Å². The molecule has 0 unspecified atom stereocenters. The van der Waals surface area contributed by atoms with E-state index in [-0.39, 0.29) is 5.82 Å². The van der Waals surface area contributed by atoms with Crippen molar-refractivity contribution in [2.24, 2.45) is 5.92 Å². The molecule has 1 fully saturated rings. The molecule has 0 radical (unpaired) electrons. The third-order valence-corrected chi connectivity index (χ3v) is 5.61. The summed E-state index contributed by atoms with van der Waals surface area (Å²) in [5.74, 6) is 2.42. The molecule has 2 atom stereocenters. The summed E-state index contributed by atoms with van der Waals surface area (Å²) in [6, 6.07) is 11.4.